The summed E-state index contributed by atoms with van der Waals surface area (Å²) >= 11 is 0. The molecule has 0 rings (SSSR count). The molecule has 1 N–H and O–H groups in total. The molecule has 0 radical (unpaired) electrons. The molecule has 3 nitrogen and oxygen atoms in total. The summed E-state index contributed by atoms with van der Waals surface area (Å²) in [5.74, 6) is -0.250. The predicted octanol–water partition coefficient (Wildman–Crippen LogP) is 1.10. The Morgan fingerprint density at radius 3 is 2.64 bits per heavy atom. The number of aliphatic hydroxyl groups excluding tert-OH is 1. The molecule has 0 saturated carbocycles. The van der Waals surface area contributed by atoms with Crippen LogP contribution in [0.15, 0.2) is 0 Å². The quantitative estimate of drug-likeness (QED) is 0.612. The lowest BCUT2D eigenvalue weighted by molar-refractivity contribution is -0.146. The summed E-state index contributed by atoms with van der Waals surface area (Å²) in [4.78, 5) is 10.6. The van der Waals surface area contributed by atoms with Gasteiger partial charge in [0.15, 0.2) is 0 Å². The van der Waals surface area contributed by atoms with E-state index in [0.29, 0.717) is 12.8 Å². The molecule has 0 fully saturated rings. The van der Waals surface area contributed by atoms with Crippen LogP contribution in [0.25, 0.3) is 0 Å². The summed E-state index contributed by atoms with van der Waals surface area (Å²) in [6.07, 6.45) is 1.48. The monoisotopic (exact) mass is 160 g/mol. The molecule has 0 aromatic rings. The fourth-order valence-electron chi connectivity index (χ4n) is 0.708. The van der Waals surface area contributed by atoms with Crippen molar-refractivity contribution >= 4 is 5.97 Å². The molecular formula is C8H16O3. The van der Waals surface area contributed by atoms with Crippen molar-refractivity contribution < 1.29 is 14.6 Å². The number of ether oxygens (including phenoxy) is 1. The maximum Gasteiger partial charge on any atom is 0.305 e. The van der Waals surface area contributed by atoms with E-state index in [2.05, 4.69) is 0 Å². The zero-order valence-electron chi connectivity index (χ0n) is 7.17. The molecule has 0 aliphatic rings. The maximum atomic E-state index is 10.6. The van der Waals surface area contributed by atoms with Crippen LogP contribution in [0.3, 0.4) is 0 Å². The van der Waals surface area contributed by atoms with E-state index < -0.39 is 6.10 Å². The Kier molecular flexibility index (Phi) is 5.84. The normalized spacial score (nSPS) is 12.6. The van der Waals surface area contributed by atoms with Gasteiger partial charge in [-0.15, -0.1) is 0 Å². The van der Waals surface area contributed by atoms with E-state index in [1.165, 1.54) is 0 Å². The van der Waals surface area contributed by atoms with Gasteiger partial charge < -0.3 is 9.84 Å². The second-order valence-corrected chi connectivity index (χ2v) is 2.48. The second-order valence-electron chi connectivity index (χ2n) is 2.48. The van der Waals surface area contributed by atoms with Crippen LogP contribution in [0, 0.1) is 0 Å². The standard InChI is InChI=1S/C8H16O3/c1-3-5-7(9)6-11-8(10)4-2/h7,9H,3-6H2,1-2H3. The van der Waals surface area contributed by atoms with Crippen molar-refractivity contribution in [2.24, 2.45) is 0 Å². The van der Waals surface area contributed by atoms with E-state index >= 15 is 0 Å². The summed E-state index contributed by atoms with van der Waals surface area (Å²) in [7, 11) is 0. The minimum absolute atomic E-state index is 0.139. The highest BCUT2D eigenvalue weighted by Crippen LogP contribution is 1.97. The van der Waals surface area contributed by atoms with E-state index in [-0.39, 0.29) is 12.6 Å². The lowest BCUT2D eigenvalue weighted by atomic mass is 10.2. The Labute approximate surface area is 67.4 Å². The third kappa shape index (κ3) is 5.85. The van der Waals surface area contributed by atoms with Crippen LogP contribution < -0.4 is 0 Å². The summed E-state index contributed by atoms with van der Waals surface area (Å²) < 4.78 is 4.72. The molecule has 1 atom stereocenters. The van der Waals surface area contributed by atoms with Gasteiger partial charge in [0, 0.05) is 6.42 Å². The molecular weight excluding hydrogens is 144 g/mol. The van der Waals surface area contributed by atoms with Crippen molar-refractivity contribution in [3.63, 3.8) is 0 Å². The SMILES string of the molecule is CCCC(O)COC(=O)CC. The van der Waals surface area contributed by atoms with Crippen molar-refractivity contribution in [2.75, 3.05) is 6.61 Å². The zero-order valence-corrected chi connectivity index (χ0v) is 7.17. The minimum atomic E-state index is -0.490. The van der Waals surface area contributed by atoms with E-state index in [1.54, 1.807) is 6.92 Å². The van der Waals surface area contributed by atoms with Gasteiger partial charge in [-0.1, -0.05) is 20.3 Å². The predicted molar refractivity (Wildman–Crippen MR) is 42.2 cm³/mol. The Morgan fingerprint density at radius 2 is 2.18 bits per heavy atom. The third-order valence-corrected chi connectivity index (χ3v) is 1.35. The molecule has 0 aliphatic carbocycles. The first-order valence-electron chi connectivity index (χ1n) is 4.04. The van der Waals surface area contributed by atoms with Crippen LogP contribution in [0.5, 0.6) is 0 Å². The number of esters is 1. The highest BCUT2D eigenvalue weighted by atomic mass is 16.5. The van der Waals surface area contributed by atoms with Gasteiger partial charge in [-0.3, -0.25) is 4.79 Å². The number of rotatable bonds is 5. The molecule has 0 saturated heterocycles. The van der Waals surface area contributed by atoms with Gasteiger partial charge in [0.2, 0.25) is 0 Å². The first kappa shape index (κ1) is 10.4. The van der Waals surface area contributed by atoms with Gasteiger partial charge in [0.25, 0.3) is 0 Å². The second kappa shape index (κ2) is 6.16. The first-order chi connectivity index (χ1) is 5.20. The van der Waals surface area contributed by atoms with Crippen molar-refractivity contribution in [2.45, 2.75) is 39.2 Å². The van der Waals surface area contributed by atoms with E-state index in [9.17, 15) is 4.79 Å². The smallest absolute Gasteiger partial charge is 0.305 e. The van der Waals surface area contributed by atoms with Gasteiger partial charge in [0.05, 0.1) is 6.10 Å². The fourth-order valence-corrected chi connectivity index (χ4v) is 0.708. The lowest BCUT2D eigenvalue weighted by Gasteiger charge is -2.08. The summed E-state index contributed by atoms with van der Waals surface area (Å²) in [5, 5.41) is 9.12. The van der Waals surface area contributed by atoms with Crippen LogP contribution in [0.2, 0.25) is 0 Å². The number of carbonyl (C=O) groups is 1. The Hall–Kier alpha value is -0.570. The van der Waals surface area contributed by atoms with Gasteiger partial charge >= 0.3 is 5.97 Å². The van der Waals surface area contributed by atoms with E-state index in [4.69, 9.17) is 9.84 Å². The highest BCUT2D eigenvalue weighted by molar-refractivity contribution is 5.68. The van der Waals surface area contributed by atoms with Gasteiger partial charge in [-0.2, -0.15) is 0 Å². The molecule has 1 unspecified atom stereocenters. The number of hydrogen-bond acceptors (Lipinski definition) is 3. The fraction of sp³-hybridized carbons (Fsp3) is 0.875. The van der Waals surface area contributed by atoms with Crippen LogP contribution in [0.4, 0.5) is 0 Å². The van der Waals surface area contributed by atoms with Crippen LogP contribution >= 0.6 is 0 Å². The molecule has 0 bridgehead atoms. The van der Waals surface area contributed by atoms with Gasteiger partial charge in [-0.05, 0) is 6.42 Å². The number of aliphatic hydroxyl groups is 1. The molecule has 11 heavy (non-hydrogen) atoms. The van der Waals surface area contributed by atoms with E-state index in [0.717, 1.165) is 6.42 Å². The van der Waals surface area contributed by atoms with Crippen molar-refractivity contribution in [1.29, 1.82) is 0 Å². The maximum absolute atomic E-state index is 10.6. The lowest BCUT2D eigenvalue weighted by Crippen LogP contribution is -2.17. The van der Waals surface area contributed by atoms with Crippen LogP contribution in [-0.4, -0.2) is 23.8 Å². The third-order valence-electron chi connectivity index (χ3n) is 1.35. The topological polar surface area (TPSA) is 46.5 Å². The molecule has 0 spiro atoms. The average molecular weight is 160 g/mol. The largest absolute Gasteiger partial charge is 0.463 e. The molecule has 3 heteroatoms. The molecule has 0 aromatic carbocycles. The Balaban J connectivity index is 3.29. The molecule has 0 aliphatic heterocycles. The molecule has 0 heterocycles. The van der Waals surface area contributed by atoms with Crippen molar-refractivity contribution in [1.82, 2.24) is 0 Å². The molecule has 0 aromatic heterocycles. The minimum Gasteiger partial charge on any atom is -0.463 e. The van der Waals surface area contributed by atoms with Gasteiger partial charge in [-0.25, -0.2) is 0 Å². The highest BCUT2D eigenvalue weighted by Gasteiger charge is 2.05. The van der Waals surface area contributed by atoms with Crippen LogP contribution in [0.1, 0.15) is 33.1 Å². The first-order valence-corrected chi connectivity index (χ1v) is 4.04. The van der Waals surface area contributed by atoms with E-state index in [1.807, 2.05) is 6.92 Å². The molecule has 0 amide bonds. The number of hydrogen-bond donors (Lipinski definition) is 1. The van der Waals surface area contributed by atoms with Crippen molar-refractivity contribution in [3.05, 3.63) is 0 Å². The summed E-state index contributed by atoms with van der Waals surface area (Å²) in [6, 6.07) is 0. The zero-order chi connectivity index (χ0) is 8.69. The average Bonchev–Trinajstić information content (AvgIpc) is 2.01. The number of carbonyl (C=O) groups excluding carboxylic acids is 1. The molecule has 66 valence electrons. The Morgan fingerprint density at radius 1 is 1.55 bits per heavy atom. The van der Waals surface area contributed by atoms with Crippen molar-refractivity contribution in [3.8, 4) is 0 Å². The summed E-state index contributed by atoms with van der Waals surface area (Å²) in [5.41, 5.74) is 0. The summed E-state index contributed by atoms with van der Waals surface area (Å²) in [6.45, 7) is 3.85. The van der Waals surface area contributed by atoms with Crippen LogP contribution in [-0.2, 0) is 9.53 Å². The Bertz CT molecular complexity index is 112. The van der Waals surface area contributed by atoms with Gasteiger partial charge in [0.1, 0.15) is 6.61 Å².